The lowest BCUT2D eigenvalue weighted by molar-refractivity contribution is 0.103. The molecule has 1 unspecified atom stereocenters. The summed E-state index contributed by atoms with van der Waals surface area (Å²) in [5.74, 6) is -0.0504. The molecule has 42 heavy (non-hydrogen) atoms. The monoisotopic (exact) mass is 630 g/mol. The summed E-state index contributed by atoms with van der Waals surface area (Å²) >= 11 is 7.69. The molecule has 13 heteroatoms. The molecule has 0 fully saturated rings. The first kappa shape index (κ1) is 29.8. The summed E-state index contributed by atoms with van der Waals surface area (Å²) in [4.78, 5) is 13.0. The number of rotatable bonds is 11. The Balaban J connectivity index is 1.34. The Morgan fingerprint density at radius 2 is 1.90 bits per heavy atom. The molecule has 2 heterocycles. The molecule has 5 aromatic rings. The van der Waals surface area contributed by atoms with Gasteiger partial charge in [0.1, 0.15) is 47.8 Å². The summed E-state index contributed by atoms with van der Waals surface area (Å²) in [6.07, 6.45) is 1.33. The minimum Gasteiger partial charge on any atom is -0.487 e. The fourth-order valence-corrected chi connectivity index (χ4v) is 5.72. The summed E-state index contributed by atoms with van der Waals surface area (Å²) in [5, 5.41) is 6.27. The highest BCUT2D eigenvalue weighted by Gasteiger charge is 2.20. The van der Waals surface area contributed by atoms with Crippen LogP contribution in [0.3, 0.4) is 0 Å². The molecule has 1 N–H and O–H groups in total. The van der Waals surface area contributed by atoms with Gasteiger partial charge >= 0.3 is 0 Å². The first-order valence-corrected chi connectivity index (χ1v) is 15.8. The molecule has 3 aromatic carbocycles. The smallest absolute Gasteiger partial charge is 0.176 e. The fourth-order valence-electron chi connectivity index (χ4n) is 4.02. The van der Waals surface area contributed by atoms with Crippen molar-refractivity contribution in [2.45, 2.75) is 32.5 Å². The van der Waals surface area contributed by atoms with Gasteiger partial charge in [0.2, 0.25) is 0 Å². The van der Waals surface area contributed by atoms with Crippen LogP contribution in [0.25, 0.3) is 22.2 Å². The van der Waals surface area contributed by atoms with Crippen molar-refractivity contribution in [3.8, 4) is 17.0 Å². The van der Waals surface area contributed by atoms with Gasteiger partial charge in [0.25, 0.3) is 0 Å². The minimum atomic E-state index is -3.35. The summed E-state index contributed by atoms with van der Waals surface area (Å²) in [5.41, 5.74) is 1.29. The van der Waals surface area contributed by atoms with Crippen molar-refractivity contribution in [2.24, 2.45) is 0 Å². The number of aromatic nitrogens is 3. The van der Waals surface area contributed by atoms with Gasteiger partial charge in [0, 0.05) is 33.8 Å². The summed E-state index contributed by atoms with van der Waals surface area (Å²) in [6, 6.07) is 14.1. The number of nitrogens with zero attached hydrogens (tertiary/aromatic N) is 3. The van der Waals surface area contributed by atoms with Gasteiger partial charge in [-0.1, -0.05) is 30.7 Å². The molecule has 0 saturated heterocycles. The third-order valence-electron chi connectivity index (χ3n) is 6.38. The number of sulfone groups is 1. The summed E-state index contributed by atoms with van der Waals surface area (Å²) in [7, 11) is -3.35. The number of halogens is 3. The van der Waals surface area contributed by atoms with Gasteiger partial charge in [-0.15, -0.1) is 11.3 Å². The lowest BCUT2D eigenvalue weighted by Gasteiger charge is -2.12. The van der Waals surface area contributed by atoms with Crippen LogP contribution in [0, 0.1) is 11.6 Å². The number of hydrogen-bond acceptors (Lipinski definition) is 9. The molecule has 2 aromatic heterocycles. The maximum Gasteiger partial charge on any atom is 0.176 e. The largest absolute Gasteiger partial charge is 0.487 e. The number of hydrogen-bond donors (Lipinski definition) is 1. The molecule has 5 rings (SSSR count). The topological polar surface area (TPSA) is 103 Å². The standard InChI is InChI=1S/C29H25ClF2N4O4S2/c1-3-42(37,38)17(2)39-14-28-36-26(15-41-28)21-11-22-25(12-24(21)32)33-16-34-29(22)35-20-7-8-27(23(30)10-20)40-13-18-5-4-6-19(31)9-18/h4-12,15-17H,3,13-14H2,1-2H3,(H,33,34,35). The van der Waals surface area contributed by atoms with E-state index in [1.165, 1.54) is 42.8 Å². The van der Waals surface area contributed by atoms with E-state index >= 15 is 4.39 Å². The van der Waals surface area contributed by atoms with Crippen molar-refractivity contribution < 1.29 is 26.7 Å². The van der Waals surface area contributed by atoms with Crippen LogP contribution in [0.1, 0.15) is 24.4 Å². The average Bonchev–Trinajstić information content (AvgIpc) is 3.44. The third-order valence-corrected chi connectivity index (χ3v) is 9.45. The highest BCUT2D eigenvalue weighted by Crippen LogP contribution is 2.34. The van der Waals surface area contributed by atoms with Gasteiger partial charge < -0.3 is 14.8 Å². The van der Waals surface area contributed by atoms with Crippen molar-refractivity contribution in [3.63, 3.8) is 0 Å². The SMILES string of the molecule is CCS(=O)(=O)C(C)OCc1nc(-c2cc3c(Nc4ccc(OCc5cccc(F)c5)c(Cl)c4)ncnc3cc2F)cs1. The molecule has 0 aliphatic carbocycles. The normalized spacial score (nSPS) is 12.4. The number of benzene rings is 3. The van der Waals surface area contributed by atoms with Crippen molar-refractivity contribution in [1.82, 2.24) is 15.0 Å². The van der Waals surface area contributed by atoms with Gasteiger partial charge in [-0.25, -0.2) is 32.2 Å². The van der Waals surface area contributed by atoms with Crippen LogP contribution in [-0.4, -0.2) is 34.6 Å². The summed E-state index contributed by atoms with van der Waals surface area (Å²) < 4.78 is 63.7. The van der Waals surface area contributed by atoms with Crippen LogP contribution in [0.4, 0.5) is 20.3 Å². The molecule has 0 bridgehead atoms. The Bertz CT molecular complexity index is 1850. The highest BCUT2D eigenvalue weighted by atomic mass is 35.5. The number of fused-ring (bicyclic) bond motifs is 1. The van der Waals surface area contributed by atoms with E-state index in [1.54, 1.807) is 48.7 Å². The molecule has 0 saturated carbocycles. The van der Waals surface area contributed by atoms with Crippen LogP contribution in [0.15, 0.2) is 66.3 Å². The van der Waals surface area contributed by atoms with Gasteiger partial charge in [-0.3, -0.25) is 0 Å². The minimum absolute atomic E-state index is 0.0150. The third kappa shape index (κ3) is 6.84. The second-order valence-corrected chi connectivity index (χ2v) is 13.1. The number of thiazole rings is 1. The van der Waals surface area contributed by atoms with Crippen LogP contribution in [0.2, 0.25) is 5.02 Å². The highest BCUT2D eigenvalue weighted by molar-refractivity contribution is 7.91. The average molecular weight is 631 g/mol. The van der Waals surface area contributed by atoms with Crippen LogP contribution in [0.5, 0.6) is 5.75 Å². The van der Waals surface area contributed by atoms with Gasteiger partial charge in [-0.05, 0) is 48.9 Å². The zero-order valence-corrected chi connectivity index (χ0v) is 24.9. The van der Waals surface area contributed by atoms with E-state index in [4.69, 9.17) is 21.1 Å². The quantitative estimate of drug-likeness (QED) is 0.162. The number of nitrogens with one attached hydrogen (secondary N) is 1. The van der Waals surface area contributed by atoms with Crippen LogP contribution < -0.4 is 10.1 Å². The second kappa shape index (κ2) is 12.7. The van der Waals surface area contributed by atoms with E-state index in [-0.39, 0.29) is 30.3 Å². The predicted molar refractivity (Wildman–Crippen MR) is 160 cm³/mol. The zero-order chi connectivity index (χ0) is 29.9. The van der Waals surface area contributed by atoms with E-state index in [9.17, 15) is 12.8 Å². The lowest BCUT2D eigenvalue weighted by atomic mass is 10.1. The Morgan fingerprint density at radius 1 is 1.07 bits per heavy atom. The molecular weight excluding hydrogens is 606 g/mol. The first-order chi connectivity index (χ1) is 20.1. The van der Waals surface area contributed by atoms with Gasteiger partial charge in [0.05, 0.1) is 16.2 Å². The molecular formula is C29H25ClF2N4O4S2. The second-order valence-electron chi connectivity index (χ2n) is 9.22. The van der Waals surface area contributed by atoms with E-state index in [2.05, 4.69) is 20.3 Å². The molecule has 0 aliphatic rings. The maximum absolute atomic E-state index is 15.1. The Morgan fingerprint density at radius 3 is 2.67 bits per heavy atom. The number of anilines is 2. The molecule has 0 amide bonds. The van der Waals surface area contributed by atoms with Crippen molar-refractivity contribution in [3.05, 3.63) is 93.5 Å². The van der Waals surface area contributed by atoms with Crippen LogP contribution >= 0.6 is 22.9 Å². The van der Waals surface area contributed by atoms with E-state index < -0.39 is 21.1 Å². The Kier molecular flexibility index (Phi) is 8.97. The molecule has 1 atom stereocenters. The van der Waals surface area contributed by atoms with Gasteiger partial charge in [0.15, 0.2) is 15.3 Å². The van der Waals surface area contributed by atoms with E-state index in [0.717, 1.165) is 0 Å². The maximum atomic E-state index is 15.1. The fraction of sp³-hybridized carbons (Fsp3) is 0.207. The predicted octanol–water partition coefficient (Wildman–Crippen LogP) is 7.30. The molecule has 0 aliphatic heterocycles. The summed E-state index contributed by atoms with van der Waals surface area (Å²) in [6.45, 7) is 3.17. The van der Waals surface area contributed by atoms with E-state index in [1.807, 2.05) is 0 Å². The van der Waals surface area contributed by atoms with Crippen molar-refractivity contribution in [2.75, 3.05) is 11.1 Å². The Labute approximate surface area is 250 Å². The molecule has 218 valence electrons. The Hall–Kier alpha value is -3.71. The number of ether oxygens (including phenoxy) is 2. The molecule has 0 radical (unpaired) electrons. The lowest BCUT2D eigenvalue weighted by Crippen LogP contribution is -2.22. The molecule has 8 nitrogen and oxygen atoms in total. The first-order valence-electron chi connectivity index (χ1n) is 12.8. The van der Waals surface area contributed by atoms with E-state index in [0.29, 0.717) is 49.4 Å². The molecule has 0 spiro atoms. The van der Waals surface area contributed by atoms with Gasteiger partial charge in [-0.2, -0.15) is 0 Å². The zero-order valence-electron chi connectivity index (χ0n) is 22.5. The van der Waals surface area contributed by atoms with Crippen molar-refractivity contribution >= 4 is 55.2 Å². The van der Waals surface area contributed by atoms with Crippen molar-refractivity contribution in [1.29, 1.82) is 0 Å². The van der Waals surface area contributed by atoms with Crippen LogP contribution in [-0.2, 0) is 27.8 Å².